The van der Waals surface area contributed by atoms with Gasteiger partial charge in [0.25, 0.3) is 0 Å². The van der Waals surface area contributed by atoms with Crippen LogP contribution in [0.25, 0.3) is 0 Å². The van der Waals surface area contributed by atoms with Crippen LogP contribution in [0.5, 0.6) is 5.75 Å². The summed E-state index contributed by atoms with van der Waals surface area (Å²) < 4.78 is 18.1. The van der Waals surface area contributed by atoms with Gasteiger partial charge in [0.05, 0.1) is 19.8 Å². The molecule has 1 radical (unpaired) electrons. The van der Waals surface area contributed by atoms with Gasteiger partial charge in [0.2, 0.25) is 0 Å². The third-order valence-corrected chi connectivity index (χ3v) is 5.09. The number of carbonyl (C=O) groups excluding carboxylic acids is 1. The van der Waals surface area contributed by atoms with E-state index < -0.39 is 6.29 Å². The number of hydrogen-bond donors (Lipinski definition) is 0. The fourth-order valence-corrected chi connectivity index (χ4v) is 3.56. The number of allylic oxidation sites excluding steroid dienone is 2. The van der Waals surface area contributed by atoms with Crippen molar-refractivity contribution >= 4 is 5.78 Å². The minimum Gasteiger partial charge on any atom is -0.522 e. The van der Waals surface area contributed by atoms with Crippen molar-refractivity contribution in [1.29, 1.82) is 0 Å². The average Bonchev–Trinajstić information content (AvgIpc) is 2.74. The predicted molar refractivity (Wildman–Crippen MR) is 113 cm³/mol. The topological polar surface area (TPSA) is 44.8 Å². The molecule has 0 unspecified atom stereocenters. The summed E-state index contributed by atoms with van der Waals surface area (Å²) in [7, 11) is 1.66. The van der Waals surface area contributed by atoms with E-state index in [4.69, 9.17) is 14.2 Å². The largest absolute Gasteiger partial charge is 0.522 e. The number of benzene rings is 2. The summed E-state index contributed by atoms with van der Waals surface area (Å²) in [5.41, 5.74) is 3.12. The van der Waals surface area contributed by atoms with Gasteiger partial charge in [-0.25, -0.2) is 0 Å². The van der Waals surface area contributed by atoms with Crippen molar-refractivity contribution in [1.82, 2.24) is 0 Å². The molecule has 3 rings (SSSR count). The number of aryl methyl sites for hydroxylation is 1. The molecule has 5 heteroatoms. The zero-order chi connectivity index (χ0) is 20.6. The first kappa shape index (κ1) is 24.9. The number of methoxy groups -OCH3 is 1. The Morgan fingerprint density at radius 3 is 2.73 bits per heavy atom. The number of Topliss-reactive ketones (excluding diaryl/α,β-unsaturated/α-hetero) is 1. The van der Waals surface area contributed by atoms with Gasteiger partial charge >= 0.3 is 0 Å². The zero-order valence-electron chi connectivity index (χ0n) is 18.0. The molecule has 0 amide bonds. The first-order valence-corrected chi connectivity index (χ1v) is 10.1. The van der Waals surface area contributed by atoms with Crippen LogP contribution in [0.15, 0.2) is 54.6 Å². The third-order valence-electron chi connectivity index (χ3n) is 5.09. The monoisotopic (exact) mass is 482 g/mol. The molecule has 0 aliphatic carbocycles. The normalized spacial score (nSPS) is 21.2. The molecule has 0 bridgehead atoms. The number of hydrogen-bond acceptors (Lipinski definition) is 4. The van der Waals surface area contributed by atoms with Crippen LogP contribution >= 0.6 is 0 Å². The van der Waals surface area contributed by atoms with E-state index in [1.54, 1.807) is 14.0 Å². The van der Waals surface area contributed by atoms with Gasteiger partial charge in [-0.15, -0.1) is 6.07 Å². The molecule has 4 nitrogen and oxygen atoms in total. The second-order valence-electron chi connectivity index (χ2n) is 7.51. The fourth-order valence-electron chi connectivity index (χ4n) is 3.56. The Bertz CT molecular complexity index is 834. The summed E-state index contributed by atoms with van der Waals surface area (Å²) in [6.07, 6.45) is 5.77. The van der Waals surface area contributed by atoms with Gasteiger partial charge in [-0.3, -0.25) is 0 Å². The summed E-state index contributed by atoms with van der Waals surface area (Å²) in [4.78, 5) is 11.1. The number of rotatable bonds is 8. The van der Waals surface area contributed by atoms with Crippen LogP contribution < -0.4 is 4.74 Å². The molecule has 1 fully saturated rings. The van der Waals surface area contributed by atoms with Crippen molar-refractivity contribution in [2.24, 2.45) is 5.92 Å². The van der Waals surface area contributed by atoms with Gasteiger partial charge < -0.3 is 19.0 Å². The molecule has 1 heterocycles. The maximum Gasteiger partial charge on any atom is 0.183 e. The summed E-state index contributed by atoms with van der Waals surface area (Å²) in [5, 5.41) is 0. The third kappa shape index (κ3) is 6.85. The van der Waals surface area contributed by atoms with E-state index in [-0.39, 0.29) is 50.5 Å². The minimum atomic E-state index is -0.413. The van der Waals surface area contributed by atoms with E-state index in [1.165, 1.54) is 0 Å². The van der Waals surface area contributed by atoms with Crippen molar-refractivity contribution in [2.45, 2.75) is 45.5 Å². The van der Waals surface area contributed by atoms with E-state index in [2.05, 4.69) is 24.3 Å². The van der Waals surface area contributed by atoms with Crippen LogP contribution in [-0.2, 0) is 47.0 Å². The first-order valence-electron chi connectivity index (χ1n) is 10.1. The van der Waals surface area contributed by atoms with Gasteiger partial charge in [0.15, 0.2) is 6.29 Å². The summed E-state index contributed by atoms with van der Waals surface area (Å²) in [5.74, 6) is 1.06. The molecule has 0 saturated carbocycles. The molecule has 30 heavy (non-hydrogen) atoms. The molecule has 1 aliphatic heterocycles. The maximum atomic E-state index is 11.1. The molecular formula is C25H29O4Y-. The van der Waals surface area contributed by atoms with E-state index in [1.807, 2.05) is 43.3 Å². The van der Waals surface area contributed by atoms with E-state index in [0.29, 0.717) is 18.8 Å². The Morgan fingerprint density at radius 1 is 1.27 bits per heavy atom. The summed E-state index contributed by atoms with van der Waals surface area (Å²) in [6.45, 7) is 4.25. The predicted octanol–water partition coefficient (Wildman–Crippen LogP) is 5.52. The second-order valence-corrected chi connectivity index (χ2v) is 7.51. The standard InChI is InChI=1S/C25H29O4.Y/c1-18-14-15-23(27-3)22(16-18)24-21(13-9-4-6-10-19(2)26)17-28-25(29-24)20-11-7-5-8-12-20;/h4-5,7-9,11-12,14,16,21,24-25H,6,10,13,17H2,1-3H3;/q-1;/b9-4-;/t21-,24+,25+;/m1./s1. The minimum absolute atomic E-state index is 0. The smallest absolute Gasteiger partial charge is 0.183 e. The van der Waals surface area contributed by atoms with Crippen LogP contribution in [0.3, 0.4) is 0 Å². The van der Waals surface area contributed by atoms with Gasteiger partial charge in [-0.2, -0.15) is 17.7 Å². The Kier molecular flexibility index (Phi) is 10.4. The molecule has 0 N–H and O–H groups in total. The van der Waals surface area contributed by atoms with Crippen LogP contribution in [0.4, 0.5) is 0 Å². The van der Waals surface area contributed by atoms with E-state index in [9.17, 15) is 4.79 Å². The Balaban J connectivity index is 0.00000320. The molecule has 0 aromatic heterocycles. The molecule has 1 aliphatic rings. The quantitative estimate of drug-likeness (QED) is 0.367. The Hall–Kier alpha value is -1.33. The SMILES string of the molecule is COc1[c-]cc(C)cc1[C@H]1O[C@@H](c2ccccc2)OC[C@H]1C/C=C\CCC(C)=O.[Y]. The Labute approximate surface area is 204 Å². The maximum absolute atomic E-state index is 11.1. The summed E-state index contributed by atoms with van der Waals surface area (Å²) in [6, 6.07) is 17.2. The molecule has 1 saturated heterocycles. The van der Waals surface area contributed by atoms with Crippen molar-refractivity contribution < 1.29 is 51.7 Å². The van der Waals surface area contributed by atoms with Crippen molar-refractivity contribution in [2.75, 3.05) is 13.7 Å². The van der Waals surface area contributed by atoms with Crippen LogP contribution in [0.1, 0.15) is 55.3 Å². The van der Waals surface area contributed by atoms with Crippen LogP contribution in [0, 0.1) is 18.9 Å². The van der Waals surface area contributed by atoms with E-state index >= 15 is 0 Å². The van der Waals surface area contributed by atoms with E-state index in [0.717, 1.165) is 29.5 Å². The summed E-state index contributed by atoms with van der Waals surface area (Å²) >= 11 is 0. The molecule has 157 valence electrons. The number of carbonyl (C=O) groups is 1. The van der Waals surface area contributed by atoms with Gasteiger partial charge in [0.1, 0.15) is 5.78 Å². The number of ketones is 1. The number of ether oxygens (including phenoxy) is 3. The van der Waals surface area contributed by atoms with Crippen molar-refractivity contribution in [3.63, 3.8) is 0 Å². The van der Waals surface area contributed by atoms with Gasteiger partial charge in [-0.05, 0) is 19.8 Å². The van der Waals surface area contributed by atoms with Gasteiger partial charge in [0, 0.05) is 56.4 Å². The van der Waals surface area contributed by atoms with Crippen molar-refractivity contribution in [3.05, 3.63) is 77.4 Å². The molecule has 2 aromatic carbocycles. The van der Waals surface area contributed by atoms with Gasteiger partial charge in [-0.1, -0.05) is 55.0 Å². The fraction of sp³-hybridized carbons (Fsp3) is 0.400. The second kappa shape index (κ2) is 12.5. The van der Waals surface area contributed by atoms with Crippen LogP contribution in [0.2, 0.25) is 0 Å². The molecular weight excluding hydrogens is 453 g/mol. The molecule has 0 spiro atoms. The molecule has 2 aromatic rings. The zero-order valence-corrected chi connectivity index (χ0v) is 20.8. The first-order chi connectivity index (χ1) is 14.1. The average molecular weight is 482 g/mol. The Morgan fingerprint density at radius 2 is 2.03 bits per heavy atom. The van der Waals surface area contributed by atoms with Crippen molar-refractivity contribution in [3.8, 4) is 5.75 Å². The molecule has 3 atom stereocenters. The van der Waals surface area contributed by atoms with Crippen LogP contribution in [-0.4, -0.2) is 19.5 Å².